The molecule has 0 aliphatic heterocycles. The van der Waals surface area contributed by atoms with Crippen LogP contribution in [-0.4, -0.2) is 25.3 Å². The van der Waals surface area contributed by atoms with Crippen molar-refractivity contribution < 1.29 is 23.8 Å². The van der Waals surface area contributed by atoms with Crippen LogP contribution in [-0.2, 0) is 16.1 Å². The highest BCUT2D eigenvalue weighted by molar-refractivity contribution is 5.75. The second-order valence-electron chi connectivity index (χ2n) is 3.68. The molecule has 1 aromatic rings. The van der Waals surface area contributed by atoms with Crippen LogP contribution in [0.15, 0.2) is 12.1 Å². The molecule has 0 fully saturated rings. The lowest BCUT2D eigenvalue weighted by atomic mass is 9.98. The highest BCUT2D eigenvalue weighted by atomic mass is 19.1. The van der Waals surface area contributed by atoms with Gasteiger partial charge in [0, 0.05) is 24.3 Å². The van der Waals surface area contributed by atoms with E-state index in [0.717, 1.165) is 0 Å². The lowest BCUT2D eigenvalue weighted by Gasteiger charge is -2.13. The van der Waals surface area contributed by atoms with Crippen LogP contribution in [0.25, 0.3) is 0 Å². The molecule has 0 aliphatic carbocycles. The SMILES string of the molecule is COCc1cc(C(C)C(=O)O)c(F)cc1OC. The van der Waals surface area contributed by atoms with Gasteiger partial charge in [-0.2, -0.15) is 0 Å². The molecule has 0 amide bonds. The molecule has 4 nitrogen and oxygen atoms in total. The van der Waals surface area contributed by atoms with Gasteiger partial charge in [-0.3, -0.25) is 4.79 Å². The summed E-state index contributed by atoms with van der Waals surface area (Å²) in [6.07, 6.45) is 0. The predicted octanol–water partition coefficient (Wildman–Crippen LogP) is 2.17. The Labute approximate surface area is 99.0 Å². The number of ether oxygens (including phenoxy) is 2. The van der Waals surface area contributed by atoms with Gasteiger partial charge in [-0.1, -0.05) is 0 Å². The summed E-state index contributed by atoms with van der Waals surface area (Å²) in [5.74, 6) is -2.21. The van der Waals surface area contributed by atoms with Crippen molar-refractivity contribution in [2.24, 2.45) is 0 Å². The molecule has 1 N–H and O–H groups in total. The van der Waals surface area contributed by atoms with Gasteiger partial charge >= 0.3 is 5.97 Å². The standard InChI is InChI=1S/C12H15FO4/c1-7(12(14)15)9-4-8(6-16-2)11(17-3)5-10(9)13/h4-5,7H,6H2,1-3H3,(H,14,15). The molecule has 1 atom stereocenters. The highest BCUT2D eigenvalue weighted by Crippen LogP contribution is 2.28. The van der Waals surface area contributed by atoms with Gasteiger partial charge < -0.3 is 14.6 Å². The van der Waals surface area contributed by atoms with Crippen molar-refractivity contribution in [1.82, 2.24) is 0 Å². The minimum Gasteiger partial charge on any atom is -0.496 e. The summed E-state index contributed by atoms with van der Waals surface area (Å²) in [5.41, 5.74) is 0.754. The molecule has 1 aromatic carbocycles. The number of methoxy groups -OCH3 is 2. The molecule has 1 rings (SSSR count). The van der Waals surface area contributed by atoms with Gasteiger partial charge in [0.1, 0.15) is 11.6 Å². The van der Waals surface area contributed by atoms with E-state index in [4.69, 9.17) is 14.6 Å². The summed E-state index contributed by atoms with van der Waals surface area (Å²) < 4.78 is 23.6. The third kappa shape index (κ3) is 2.94. The summed E-state index contributed by atoms with van der Waals surface area (Å²) in [4.78, 5) is 10.8. The Morgan fingerprint density at radius 1 is 1.47 bits per heavy atom. The monoisotopic (exact) mass is 242 g/mol. The molecular formula is C12H15FO4. The second kappa shape index (κ2) is 5.63. The van der Waals surface area contributed by atoms with Crippen molar-refractivity contribution in [1.29, 1.82) is 0 Å². The summed E-state index contributed by atoms with van der Waals surface area (Å²) in [5, 5.41) is 8.88. The van der Waals surface area contributed by atoms with Gasteiger partial charge in [0.15, 0.2) is 0 Å². The predicted molar refractivity (Wildman–Crippen MR) is 59.7 cm³/mol. The molecular weight excluding hydrogens is 227 g/mol. The van der Waals surface area contributed by atoms with E-state index < -0.39 is 17.7 Å². The normalized spacial score (nSPS) is 12.2. The number of carboxylic acids is 1. The van der Waals surface area contributed by atoms with Gasteiger partial charge in [-0.05, 0) is 13.0 Å². The molecule has 0 bridgehead atoms. The van der Waals surface area contributed by atoms with Crippen LogP contribution in [0, 0.1) is 5.82 Å². The minimum absolute atomic E-state index is 0.130. The molecule has 1 unspecified atom stereocenters. The molecule has 0 heterocycles. The van der Waals surface area contributed by atoms with Crippen molar-refractivity contribution in [3.8, 4) is 5.75 Å². The molecule has 5 heteroatoms. The minimum atomic E-state index is -1.07. The fourth-order valence-corrected chi connectivity index (χ4v) is 1.54. The maximum atomic E-state index is 13.7. The van der Waals surface area contributed by atoms with E-state index in [-0.39, 0.29) is 12.2 Å². The molecule has 0 aromatic heterocycles. The number of carbonyl (C=O) groups is 1. The van der Waals surface area contributed by atoms with Gasteiger partial charge in [0.2, 0.25) is 0 Å². The number of hydrogen-bond acceptors (Lipinski definition) is 3. The highest BCUT2D eigenvalue weighted by Gasteiger charge is 2.20. The van der Waals surface area contributed by atoms with Crippen LogP contribution in [0.4, 0.5) is 4.39 Å². The van der Waals surface area contributed by atoms with E-state index in [9.17, 15) is 9.18 Å². The van der Waals surface area contributed by atoms with E-state index in [0.29, 0.717) is 11.3 Å². The molecule has 0 aliphatic rings. The van der Waals surface area contributed by atoms with E-state index >= 15 is 0 Å². The van der Waals surface area contributed by atoms with Crippen LogP contribution >= 0.6 is 0 Å². The van der Waals surface area contributed by atoms with Crippen LogP contribution in [0.5, 0.6) is 5.75 Å². The third-order valence-corrected chi connectivity index (χ3v) is 2.54. The average molecular weight is 242 g/mol. The van der Waals surface area contributed by atoms with E-state index in [2.05, 4.69) is 0 Å². The quantitative estimate of drug-likeness (QED) is 0.859. The molecule has 0 saturated carbocycles. The first-order valence-corrected chi connectivity index (χ1v) is 5.09. The van der Waals surface area contributed by atoms with Crippen LogP contribution in [0.1, 0.15) is 24.0 Å². The summed E-state index contributed by atoms with van der Waals surface area (Å²) >= 11 is 0. The van der Waals surface area contributed by atoms with Gasteiger partial charge in [-0.15, -0.1) is 0 Å². The molecule has 0 spiro atoms. The Morgan fingerprint density at radius 2 is 2.12 bits per heavy atom. The lowest BCUT2D eigenvalue weighted by molar-refractivity contribution is -0.138. The first kappa shape index (κ1) is 13.4. The van der Waals surface area contributed by atoms with Crippen LogP contribution in [0.3, 0.4) is 0 Å². The third-order valence-electron chi connectivity index (χ3n) is 2.54. The second-order valence-corrected chi connectivity index (χ2v) is 3.68. The average Bonchev–Trinajstić information content (AvgIpc) is 2.30. The first-order chi connectivity index (χ1) is 8.01. The van der Waals surface area contributed by atoms with Crippen LogP contribution < -0.4 is 4.74 Å². The Morgan fingerprint density at radius 3 is 2.59 bits per heavy atom. The van der Waals surface area contributed by atoms with E-state index in [1.807, 2.05) is 0 Å². The Bertz CT molecular complexity index is 417. The fourth-order valence-electron chi connectivity index (χ4n) is 1.54. The molecule has 0 saturated heterocycles. The number of hydrogen-bond donors (Lipinski definition) is 1. The first-order valence-electron chi connectivity index (χ1n) is 5.09. The summed E-state index contributed by atoms with van der Waals surface area (Å²) in [6.45, 7) is 1.67. The number of benzene rings is 1. The van der Waals surface area contributed by atoms with Crippen LogP contribution in [0.2, 0.25) is 0 Å². The number of rotatable bonds is 5. The smallest absolute Gasteiger partial charge is 0.310 e. The van der Waals surface area contributed by atoms with Crippen molar-refractivity contribution in [2.45, 2.75) is 19.4 Å². The van der Waals surface area contributed by atoms with Gasteiger partial charge in [-0.25, -0.2) is 4.39 Å². The number of halogens is 1. The molecule has 0 radical (unpaired) electrons. The van der Waals surface area contributed by atoms with Crippen molar-refractivity contribution >= 4 is 5.97 Å². The Balaban J connectivity index is 3.23. The zero-order valence-corrected chi connectivity index (χ0v) is 9.99. The topological polar surface area (TPSA) is 55.8 Å². The summed E-state index contributed by atoms with van der Waals surface area (Å²) in [7, 11) is 2.93. The summed E-state index contributed by atoms with van der Waals surface area (Å²) in [6, 6.07) is 2.65. The zero-order valence-electron chi connectivity index (χ0n) is 9.99. The maximum absolute atomic E-state index is 13.7. The zero-order chi connectivity index (χ0) is 13.0. The van der Waals surface area contributed by atoms with Crippen molar-refractivity contribution in [2.75, 3.05) is 14.2 Å². The van der Waals surface area contributed by atoms with Crippen molar-refractivity contribution in [3.05, 3.63) is 29.1 Å². The number of carboxylic acid groups (broad SMARTS) is 1. The fraction of sp³-hybridized carbons (Fsp3) is 0.417. The van der Waals surface area contributed by atoms with E-state index in [1.54, 1.807) is 0 Å². The molecule has 17 heavy (non-hydrogen) atoms. The van der Waals surface area contributed by atoms with Gasteiger partial charge in [0.05, 0.1) is 19.6 Å². The maximum Gasteiger partial charge on any atom is 0.310 e. The lowest BCUT2D eigenvalue weighted by Crippen LogP contribution is -2.10. The largest absolute Gasteiger partial charge is 0.496 e. The Hall–Kier alpha value is -1.62. The van der Waals surface area contributed by atoms with Gasteiger partial charge in [0.25, 0.3) is 0 Å². The Kier molecular flexibility index (Phi) is 4.45. The van der Waals surface area contributed by atoms with E-state index in [1.165, 1.54) is 33.3 Å². The van der Waals surface area contributed by atoms with Crippen molar-refractivity contribution in [3.63, 3.8) is 0 Å². The number of aliphatic carboxylic acids is 1. The molecule has 94 valence electrons.